The summed E-state index contributed by atoms with van der Waals surface area (Å²) >= 11 is 0. The zero-order valence-electron chi connectivity index (χ0n) is 16.6. The van der Waals surface area contributed by atoms with Crippen LogP contribution in [0.3, 0.4) is 0 Å². The molecule has 1 atom stereocenters. The van der Waals surface area contributed by atoms with Crippen LogP contribution in [0.15, 0.2) is 18.2 Å². The highest BCUT2D eigenvalue weighted by Gasteiger charge is 2.41. The number of nitrogens with zero attached hydrogens (tertiary/aromatic N) is 1. The van der Waals surface area contributed by atoms with Crippen LogP contribution in [0.1, 0.15) is 60.0 Å². The second-order valence-electron chi connectivity index (χ2n) is 9.06. The molecular weight excluding hydrogens is 368 g/mol. The van der Waals surface area contributed by atoms with Gasteiger partial charge in [0.2, 0.25) is 11.8 Å². The van der Waals surface area contributed by atoms with Crippen molar-refractivity contribution < 1.29 is 14.4 Å². The van der Waals surface area contributed by atoms with Crippen LogP contribution in [0.2, 0.25) is 0 Å². The van der Waals surface area contributed by atoms with Gasteiger partial charge in [0.05, 0.1) is 0 Å². The van der Waals surface area contributed by atoms with E-state index in [0.29, 0.717) is 19.5 Å². The smallest absolute Gasteiger partial charge is 0.255 e. The number of amides is 3. The molecule has 154 valence electrons. The van der Waals surface area contributed by atoms with Crippen molar-refractivity contribution in [1.29, 1.82) is 0 Å². The molecule has 4 heterocycles. The first-order valence-corrected chi connectivity index (χ1v) is 10.8. The molecule has 4 fully saturated rings. The predicted octanol–water partition coefficient (Wildman–Crippen LogP) is 1.07. The molecule has 3 saturated heterocycles. The highest BCUT2D eigenvalue weighted by molar-refractivity contribution is 6.05. The van der Waals surface area contributed by atoms with Gasteiger partial charge in [0, 0.05) is 37.2 Å². The Hall–Kier alpha value is -2.25. The number of imide groups is 1. The molecule has 4 aliphatic heterocycles. The molecule has 1 unspecified atom stereocenters. The average Bonchev–Trinajstić information content (AvgIpc) is 3.06. The summed E-state index contributed by atoms with van der Waals surface area (Å²) < 4.78 is 0. The van der Waals surface area contributed by atoms with E-state index >= 15 is 0 Å². The Kier molecular flexibility index (Phi) is 4.67. The molecule has 1 aromatic carbocycles. The van der Waals surface area contributed by atoms with Crippen LogP contribution in [-0.2, 0) is 22.7 Å². The van der Waals surface area contributed by atoms with Gasteiger partial charge < -0.3 is 15.5 Å². The van der Waals surface area contributed by atoms with E-state index < -0.39 is 6.04 Å². The summed E-state index contributed by atoms with van der Waals surface area (Å²) in [6.45, 7) is 3.11. The Morgan fingerprint density at radius 1 is 1.14 bits per heavy atom. The molecule has 0 radical (unpaired) electrons. The SMILES string of the molecule is O=C1CCC(N2Cc3cccc(CNCC45CCC(CC4)CN5)c3C2=O)C(=O)N1. The summed E-state index contributed by atoms with van der Waals surface area (Å²) in [5.41, 5.74) is 2.88. The number of hydrogen-bond donors (Lipinski definition) is 3. The number of piperidine rings is 3. The molecule has 2 bridgehead atoms. The van der Waals surface area contributed by atoms with Crippen LogP contribution in [0.25, 0.3) is 0 Å². The minimum absolute atomic E-state index is 0.0960. The molecule has 0 aromatic heterocycles. The Labute approximate surface area is 170 Å². The van der Waals surface area contributed by atoms with Gasteiger partial charge in [0.25, 0.3) is 5.91 Å². The van der Waals surface area contributed by atoms with Crippen LogP contribution in [0.4, 0.5) is 0 Å². The molecule has 6 rings (SSSR count). The fourth-order valence-electron chi connectivity index (χ4n) is 5.48. The standard InChI is InChI=1S/C22H28N4O3/c27-18-5-4-17(20(28)25-18)26-12-16-3-1-2-15(19(16)21(26)29)11-23-13-22-8-6-14(7-9-22)10-24-22/h1-3,14,17,23-24H,4-13H2,(H,25,27,28). The van der Waals surface area contributed by atoms with E-state index in [9.17, 15) is 14.4 Å². The van der Waals surface area contributed by atoms with E-state index in [4.69, 9.17) is 0 Å². The van der Waals surface area contributed by atoms with Gasteiger partial charge in [-0.1, -0.05) is 18.2 Å². The largest absolute Gasteiger partial charge is 0.322 e. The lowest BCUT2D eigenvalue weighted by atomic mass is 9.72. The maximum absolute atomic E-state index is 13.2. The molecule has 1 aliphatic carbocycles. The van der Waals surface area contributed by atoms with Crippen molar-refractivity contribution in [3.05, 3.63) is 34.9 Å². The summed E-state index contributed by atoms with van der Waals surface area (Å²) in [4.78, 5) is 38.5. The van der Waals surface area contributed by atoms with Gasteiger partial charge in [0.1, 0.15) is 6.04 Å². The van der Waals surface area contributed by atoms with Crippen molar-refractivity contribution >= 4 is 17.7 Å². The van der Waals surface area contributed by atoms with Crippen molar-refractivity contribution in [2.24, 2.45) is 5.92 Å². The van der Waals surface area contributed by atoms with E-state index in [1.807, 2.05) is 18.2 Å². The summed E-state index contributed by atoms with van der Waals surface area (Å²) in [5.74, 6) is 0.136. The fourth-order valence-corrected chi connectivity index (χ4v) is 5.48. The zero-order chi connectivity index (χ0) is 20.0. The van der Waals surface area contributed by atoms with E-state index in [2.05, 4.69) is 16.0 Å². The van der Waals surface area contributed by atoms with Gasteiger partial charge in [0.15, 0.2) is 0 Å². The quantitative estimate of drug-likeness (QED) is 0.648. The maximum atomic E-state index is 13.2. The Balaban J connectivity index is 1.27. The second-order valence-corrected chi connectivity index (χ2v) is 9.06. The van der Waals surface area contributed by atoms with E-state index in [1.165, 1.54) is 25.7 Å². The predicted molar refractivity (Wildman–Crippen MR) is 107 cm³/mol. The number of nitrogens with one attached hydrogen (secondary N) is 3. The normalized spacial score (nSPS) is 31.2. The van der Waals surface area contributed by atoms with Crippen LogP contribution in [0, 0.1) is 5.92 Å². The van der Waals surface area contributed by atoms with Crippen LogP contribution in [0.5, 0.6) is 0 Å². The summed E-state index contributed by atoms with van der Waals surface area (Å²) in [6.07, 6.45) is 5.75. The zero-order valence-corrected chi connectivity index (χ0v) is 16.6. The topological polar surface area (TPSA) is 90.5 Å². The number of benzene rings is 1. The van der Waals surface area contributed by atoms with Crippen molar-refractivity contribution in [3.8, 4) is 0 Å². The lowest BCUT2D eigenvalue weighted by Crippen LogP contribution is -2.60. The lowest BCUT2D eigenvalue weighted by molar-refractivity contribution is -0.136. The molecule has 5 aliphatic rings. The van der Waals surface area contributed by atoms with Gasteiger partial charge in [-0.3, -0.25) is 19.7 Å². The number of rotatable bonds is 5. The third-order valence-electron chi connectivity index (χ3n) is 7.25. The van der Waals surface area contributed by atoms with E-state index in [-0.39, 0.29) is 29.7 Å². The first-order chi connectivity index (χ1) is 14.0. The van der Waals surface area contributed by atoms with Gasteiger partial charge in [-0.25, -0.2) is 0 Å². The second kappa shape index (κ2) is 7.22. The molecule has 1 saturated carbocycles. The van der Waals surface area contributed by atoms with E-state index in [0.717, 1.165) is 35.7 Å². The molecule has 7 heteroatoms. The molecule has 1 aromatic rings. The highest BCUT2D eigenvalue weighted by atomic mass is 16.2. The minimum atomic E-state index is -0.561. The molecule has 0 spiro atoms. The third-order valence-corrected chi connectivity index (χ3v) is 7.25. The summed E-state index contributed by atoms with van der Waals surface area (Å²) in [7, 11) is 0. The van der Waals surface area contributed by atoms with Crippen LogP contribution < -0.4 is 16.0 Å². The maximum Gasteiger partial charge on any atom is 0.255 e. The van der Waals surface area contributed by atoms with E-state index in [1.54, 1.807) is 4.90 Å². The number of carbonyl (C=O) groups is 3. The Bertz CT molecular complexity index is 846. The monoisotopic (exact) mass is 396 g/mol. The minimum Gasteiger partial charge on any atom is -0.322 e. The first-order valence-electron chi connectivity index (χ1n) is 10.8. The number of hydrogen-bond acceptors (Lipinski definition) is 5. The van der Waals surface area contributed by atoms with Crippen molar-refractivity contribution in [1.82, 2.24) is 20.9 Å². The Morgan fingerprint density at radius 2 is 1.97 bits per heavy atom. The molecule has 29 heavy (non-hydrogen) atoms. The third kappa shape index (κ3) is 3.36. The average molecular weight is 396 g/mol. The first kappa shape index (κ1) is 18.8. The van der Waals surface area contributed by atoms with Gasteiger partial charge in [-0.05, 0) is 55.7 Å². The summed E-state index contributed by atoms with van der Waals surface area (Å²) in [5, 5.41) is 9.68. The van der Waals surface area contributed by atoms with Crippen LogP contribution in [-0.4, -0.2) is 47.3 Å². The molecule has 3 N–H and O–H groups in total. The van der Waals surface area contributed by atoms with Crippen molar-refractivity contribution in [3.63, 3.8) is 0 Å². The van der Waals surface area contributed by atoms with Gasteiger partial charge >= 0.3 is 0 Å². The van der Waals surface area contributed by atoms with Gasteiger partial charge in [-0.15, -0.1) is 0 Å². The highest BCUT2D eigenvalue weighted by Crippen LogP contribution is 2.36. The molecule has 3 amide bonds. The lowest BCUT2D eigenvalue weighted by Gasteiger charge is -2.47. The Morgan fingerprint density at radius 3 is 2.69 bits per heavy atom. The molecule has 7 nitrogen and oxygen atoms in total. The van der Waals surface area contributed by atoms with Gasteiger partial charge in [-0.2, -0.15) is 0 Å². The number of carbonyl (C=O) groups excluding carboxylic acids is 3. The van der Waals surface area contributed by atoms with Crippen LogP contribution >= 0.6 is 0 Å². The van der Waals surface area contributed by atoms with Crippen molar-refractivity contribution in [2.75, 3.05) is 13.1 Å². The fraction of sp³-hybridized carbons (Fsp3) is 0.591. The number of fused-ring (bicyclic) bond motifs is 4. The summed E-state index contributed by atoms with van der Waals surface area (Å²) in [6, 6.07) is 5.39. The molecular formula is C22H28N4O3. The van der Waals surface area contributed by atoms with Crippen molar-refractivity contribution in [2.45, 2.75) is 63.2 Å².